The molecule has 2 rings (SSSR count). The minimum absolute atomic E-state index is 0.387. The van der Waals surface area contributed by atoms with Gasteiger partial charge in [0.25, 0.3) is 0 Å². The largest absolute Gasteiger partial charge is 0.310 e. The normalized spacial score (nSPS) is 12.9. The van der Waals surface area contributed by atoms with Crippen LogP contribution in [0.3, 0.4) is 0 Å². The van der Waals surface area contributed by atoms with E-state index >= 15 is 0 Å². The van der Waals surface area contributed by atoms with Crippen LogP contribution in [0.4, 0.5) is 0 Å². The molecule has 18 heavy (non-hydrogen) atoms. The number of hydrogen-bond acceptors (Lipinski definition) is 5. The van der Waals surface area contributed by atoms with Gasteiger partial charge < -0.3 is 5.32 Å². The van der Waals surface area contributed by atoms with Gasteiger partial charge in [0.05, 0.1) is 21.4 Å². The molecule has 2 aromatic heterocycles. The summed E-state index contributed by atoms with van der Waals surface area (Å²) in [5.41, 5.74) is 2.28. The zero-order valence-electron chi connectivity index (χ0n) is 11.3. The molecule has 0 spiro atoms. The standard InChI is InChI=1S/C13H19N3S2/c1-5-14-8(2)13-9(3)15-12(18-13)6-11-7-17-10(4)16-11/h7-8,14H,5-6H2,1-4H3. The molecule has 0 aliphatic rings. The first-order valence-electron chi connectivity index (χ1n) is 6.20. The van der Waals surface area contributed by atoms with E-state index in [0.29, 0.717) is 6.04 Å². The summed E-state index contributed by atoms with van der Waals surface area (Å²) < 4.78 is 0. The average Bonchev–Trinajstić information content (AvgIpc) is 2.86. The summed E-state index contributed by atoms with van der Waals surface area (Å²) in [5.74, 6) is 0. The van der Waals surface area contributed by atoms with Gasteiger partial charge in [0, 0.05) is 22.7 Å². The third-order valence-corrected chi connectivity index (χ3v) is 4.94. The van der Waals surface area contributed by atoms with Crippen LogP contribution in [0.2, 0.25) is 0 Å². The molecule has 0 radical (unpaired) electrons. The Morgan fingerprint density at radius 3 is 2.72 bits per heavy atom. The minimum Gasteiger partial charge on any atom is -0.310 e. The Balaban J connectivity index is 2.13. The number of hydrogen-bond donors (Lipinski definition) is 1. The van der Waals surface area contributed by atoms with Crippen molar-refractivity contribution in [2.24, 2.45) is 0 Å². The summed E-state index contributed by atoms with van der Waals surface area (Å²) >= 11 is 3.51. The molecule has 0 amide bonds. The highest BCUT2D eigenvalue weighted by Gasteiger charge is 2.14. The molecule has 1 N–H and O–H groups in total. The molecule has 0 bridgehead atoms. The SMILES string of the molecule is CCNC(C)c1sc(Cc2csc(C)n2)nc1C. The van der Waals surface area contributed by atoms with E-state index < -0.39 is 0 Å². The van der Waals surface area contributed by atoms with Crippen molar-refractivity contribution in [1.29, 1.82) is 0 Å². The van der Waals surface area contributed by atoms with Gasteiger partial charge in [0.1, 0.15) is 0 Å². The zero-order valence-corrected chi connectivity index (χ0v) is 12.9. The summed E-state index contributed by atoms with van der Waals surface area (Å²) in [5, 5.41) is 7.85. The van der Waals surface area contributed by atoms with Gasteiger partial charge in [-0.1, -0.05) is 6.92 Å². The number of thiazole rings is 2. The van der Waals surface area contributed by atoms with E-state index in [1.807, 2.05) is 6.92 Å². The molecule has 0 aliphatic carbocycles. The topological polar surface area (TPSA) is 37.8 Å². The van der Waals surface area contributed by atoms with Crippen LogP contribution in [0.5, 0.6) is 0 Å². The predicted molar refractivity (Wildman–Crippen MR) is 78.6 cm³/mol. The fourth-order valence-corrected chi connectivity index (χ4v) is 3.71. The van der Waals surface area contributed by atoms with Crippen LogP contribution in [-0.4, -0.2) is 16.5 Å². The third kappa shape index (κ3) is 3.16. The van der Waals surface area contributed by atoms with Gasteiger partial charge in [-0.25, -0.2) is 9.97 Å². The summed E-state index contributed by atoms with van der Waals surface area (Å²) in [6, 6.07) is 0.387. The fourth-order valence-electron chi connectivity index (χ4n) is 1.99. The Morgan fingerprint density at radius 1 is 1.33 bits per heavy atom. The number of nitrogens with zero attached hydrogens (tertiary/aromatic N) is 2. The number of nitrogens with one attached hydrogen (secondary N) is 1. The highest BCUT2D eigenvalue weighted by molar-refractivity contribution is 7.12. The second-order valence-electron chi connectivity index (χ2n) is 4.37. The Kier molecular flexibility index (Phi) is 4.48. The van der Waals surface area contributed by atoms with Crippen molar-refractivity contribution in [3.8, 4) is 0 Å². The van der Waals surface area contributed by atoms with Crippen molar-refractivity contribution in [2.45, 2.75) is 40.2 Å². The maximum Gasteiger partial charge on any atom is 0.0991 e. The van der Waals surface area contributed by atoms with Gasteiger partial charge in [-0.05, 0) is 27.3 Å². The highest BCUT2D eigenvalue weighted by atomic mass is 32.1. The van der Waals surface area contributed by atoms with Crippen LogP contribution in [0, 0.1) is 13.8 Å². The van der Waals surface area contributed by atoms with Crippen molar-refractivity contribution in [1.82, 2.24) is 15.3 Å². The van der Waals surface area contributed by atoms with Crippen LogP contribution < -0.4 is 5.32 Å². The molecule has 0 aromatic carbocycles. The summed E-state index contributed by atoms with van der Waals surface area (Å²) in [6.45, 7) is 9.45. The first-order valence-corrected chi connectivity index (χ1v) is 7.90. The summed E-state index contributed by atoms with van der Waals surface area (Å²) in [6.07, 6.45) is 0.856. The molecule has 5 heteroatoms. The van der Waals surface area contributed by atoms with E-state index in [-0.39, 0.29) is 0 Å². The first kappa shape index (κ1) is 13.6. The zero-order chi connectivity index (χ0) is 13.1. The monoisotopic (exact) mass is 281 g/mol. The van der Waals surface area contributed by atoms with Crippen molar-refractivity contribution in [2.75, 3.05) is 6.54 Å². The molecule has 0 saturated carbocycles. The maximum absolute atomic E-state index is 4.66. The van der Waals surface area contributed by atoms with Crippen LogP contribution in [-0.2, 0) is 6.42 Å². The molecule has 0 fully saturated rings. The lowest BCUT2D eigenvalue weighted by molar-refractivity contribution is 0.603. The molecule has 2 heterocycles. The van der Waals surface area contributed by atoms with E-state index in [1.54, 1.807) is 22.7 Å². The minimum atomic E-state index is 0.387. The second-order valence-corrected chi connectivity index (χ2v) is 6.55. The molecule has 2 aromatic rings. The van der Waals surface area contributed by atoms with Gasteiger partial charge in [-0.15, -0.1) is 22.7 Å². The Labute approximate surface area is 116 Å². The second kappa shape index (κ2) is 5.91. The smallest absolute Gasteiger partial charge is 0.0991 e. The van der Waals surface area contributed by atoms with Crippen molar-refractivity contribution < 1.29 is 0 Å². The summed E-state index contributed by atoms with van der Waals surface area (Å²) in [4.78, 5) is 10.5. The Morgan fingerprint density at radius 2 is 2.11 bits per heavy atom. The Bertz CT molecular complexity index is 516. The molecular formula is C13H19N3S2. The van der Waals surface area contributed by atoms with Gasteiger partial charge in [0.2, 0.25) is 0 Å². The van der Waals surface area contributed by atoms with Crippen molar-refractivity contribution in [3.63, 3.8) is 0 Å². The molecule has 1 atom stereocenters. The van der Waals surface area contributed by atoms with Gasteiger partial charge in [-0.2, -0.15) is 0 Å². The van der Waals surface area contributed by atoms with Crippen LogP contribution in [0.15, 0.2) is 5.38 Å². The van der Waals surface area contributed by atoms with Crippen LogP contribution in [0.1, 0.15) is 46.2 Å². The highest BCUT2D eigenvalue weighted by Crippen LogP contribution is 2.26. The van der Waals surface area contributed by atoms with Gasteiger partial charge in [-0.3, -0.25) is 0 Å². The first-order chi connectivity index (χ1) is 8.60. The van der Waals surface area contributed by atoms with E-state index in [1.165, 1.54) is 4.88 Å². The molecule has 0 saturated heterocycles. The Hall–Kier alpha value is -0.780. The quantitative estimate of drug-likeness (QED) is 0.912. The summed E-state index contributed by atoms with van der Waals surface area (Å²) in [7, 11) is 0. The van der Waals surface area contributed by atoms with Gasteiger partial charge in [0.15, 0.2) is 0 Å². The van der Waals surface area contributed by atoms with E-state index in [9.17, 15) is 0 Å². The van der Waals surface area contributed by atoms with Crippen LogP contribution >= 0.6 is 22.7 Å². The van der Waals surface area contributed by atoms with Crippen molar-refractivity contribution >= 4 is 22.7 Å². The lowest BCUT2D eigenvalue weighted by Crippen LogP contribution is -2.17. The average molecular weight is 281 g/mol. The molecular weight excluding hydrogens is 262 g/mol. The predicted octanol–water partition coefficient (Wildman–Crippen LogP) is 3.48. The van der Waals surface area contributed by atoms with E-state index in [0.717, 1.165) is 34.4 Å². The number of aryl methyl sites for hydroxylation is 2. The van der Waals surface area contributed by atoms with E-state index in [4.69, 9.17) is 0 Å². The molecule has 3 nitrogen and oxygen atoms in total. The van der Waals surface area contributed by atoms with Gasteiger partial charge >= 0.3 is 0 Å². The van der Waals surface area contributed by atoms with E-state index in [2.05, 4.69) is 41.4 Å². The molecule has 1 unspecified atom stereocenters. The fraction of sp³-hybridized carbons (Fsp3) is 0.538. The maximum atomic E-state index is 4.66. The number of aromatic nitrogens is 2. The van der Waals surface area contributed by atoms with Crippen molar-refractivity contribution in [3.05, 3.63) is 31.7 Å². The van der Waals surface area contributed by atoms with Crippen LogP contribution in [0.25, 0.3) is 0 Å². The molecule has 0 aliphatic heterocycles. The number of rotatable bonds is 5. The lowest BCUT2D eigenvalue weighted by Gasteiger charge is -2.09. The lowest BCUT2D eigenvalue weighted by atomic mass is 10.2. The molecule has 98 valence electrons. The third-order valence-electron chi connectivity index (χ3n) is 2.78.